The maximum Gasteiger partial charge on any atom is 0.247 e. The number of aliphatic hydroxyl groups excluding tert-OH is 2. The zero-order valence-electron chi connectivity index (χ0n) is 22.1. The summed E-state index contributed by atoms with van der Waals surface area (Å²) in [5, 5.41) is 23.7. The molecule has 0 heterocycles. The highest BCUT2D eigenvalue weighted by Crippen LogP contribution is 2.50. The number of carbonyl (C=O) groups excluding carboxylic acids is 2. The van der Waals surface area contributed by atoms with Crippen LogP contribution in [0.3, 0.4) is 0 Å². The van der Waals surface area contributed by atoms with Gasteiger partial charge in [0.1, 0.15) is 18.0 Å². The topological polar surface area (TPSA) is 99.1 Å². The van der Waals surface area contributed by atoms with Crippen LogP contribution in [0.4, 0.5) is 0 Å². The van der Waals surface area contributed by atoms with Crippen molar-refractivity contribution in [2.24, 2.45) is 17.8 Å². The van der Waals surface area contributed by atoms with E-state index in [0.717, 1.165) is 41.6 Å². The van der Waals surface area contributed by atoms with E-state index in [0.29, 0.717) is 29.6 Å². The first-order chi connectivity index (χ1) is 18.4. The molecule has 38 heavy (non-hydrogen) atoms. The molecule has 2 bridgehead atoms. The normalized spacial score (nSPS) is 31.1. The summed E-state index contributed by atoms with van der Waals surface area (Å²) in [4.78, 5) is 29.2. The van der Waals surface area contributed by atoms with Gasteiger partial charge < -0.3 is 25.2 Å². The zero-order chi connectivity index (χ0) is 26.6. The number of amides is 2. The van der Waals surface area contributed by atoms with Crippen molar-refractivity contribution < 1.29 is 24.5 Å². The van der Waals surface area contributed by atoms with Gasteiger partial charge in [0, 0.05) is 31.0 Å². The highest BCUT2D eigenvalue weighted by molar-refractivity contribution is 14.1. The number of benzene rings is 1. The molecule has 3 saturated carbocycles. The lowest BCUT2D eigenvalue weighted by Crippen LogP contribution is -2.58. The minimum absolute atomic E-state index is 0.0758. The zero-order valence-corrected chi connectivity index (χ0v) is 24.2. The first kappa shape index (κ1) is 27.9. The quantitative estimate of drug-likeness (QED) is 0.354. The molecule has 3 N–H and O–H groups in total. The first-order valence-electron chi connectivity index (χ1n) is 14.4. The number of ether oxygens (including phenoxy) is 1. The van der Waals surface area contributed by atoms with Crippen LogP contribution in [0.2, 0.25) is 0 Å². The van der Waals surface area contributed by atoms with Crippen molar-refractivity contribution in [2.75, 3.05) is 13.2 Å². The van der Waals surface area contributed by atoms with Crippen molar-refractivity contribution in [3.05, 3.63) is 39.5 Å². The van der Waals surface area contributed by atoms with Gasteiger partial charge in [-0.15, -0.1) is 0 Å². The second-order valence-electron chi connectivity index (χ2n) is 11.7. The molecule has 4 aliphatic rings. The molecule has 0 aromatic heterocycles. The highest BCUT2D eigenvalue weighted by atomic mass is 127. The Morgan fingerprint density at radius 2 is 1.87 bits per heavy atom. The van der Waals surface area contributed by atoms with Crippen molar-refractivity contribution in [2.45, 2.75) is 94.9 Å². The van der Waals surface area contributed by atoms with Gasteiger partial charge in [0.05, 0.1) is 16.2 Å². The third-order valence-electron chi connectivity index (χ3n) is 9.25. The Bertz CT molecular complexity index is 1030. The lowest BCUT2D eigenvalue weighted by molar-refractivity contribution is -0.144. The summed E-state index contributed by atoms with van der Waals surface area (Å²) in [6.45, 7) is 0.00442. The van der Waals surface area contributed by atoms with Gasteiger partial charge in [-0.05, 0) is 90.7 Å². The third-order valence-corrected chi connectivity index (χ3v) is 10.1. The largest absolute Gasteiger partial charge is 0.482 e. The van der Waals surface area contributed by atoms with Gasteiger partial charge in [-0.2, -0.15) is 0 Å². The van der Waals surface area contributed by atoms with Crippen LogP contribution in [0, 0.1) is 21.3 Å². The predicted octanol–water partition coefficient (Wildman–Crippen LogP) is 4.19. The number of aliphatic hydroxyl groups is 2. The summed E-state index contributed by atoms with van der Waals surface area (Å²) in [7, 11) is 0. The molecule has 0 spiro atoms. The number of para-hydroxylation sites is 1. The smallest absolute Gasteiger partial charge is 0.247 e. The van der Waals surface area contributed by atoms with Crippen LogP contribution in [0.1, 0.15) is 70.6 Å². The summed E-state index contributed by atoms with van der Waals surface area (Å²) >= 11 is 2.20. The molecule has 0 aliphatic heterocycles. The lowest BCUT2D eigenvalue weighted by atomic mass is 9.83. The van der Waals surface area contributed by atoms with E-state index in [9.17, 15) is 19.8 Å². The molecule has 8 heteroatoms. The van der Waals surface area contributed by atoms with E-state index in [2.05, 4.69) is 27.9 Å². The van der Waals surface area contributed by atoms with Gasteiger partial charge in [0.15, 0.2) is 0 Å². The monoisotopic (exact) mass is 636 g/mol. The van der Waals surface area contributed by atoms with Crippen molar-refractivity contribution in [3.63, 3.8) is 0 Å². The van der Waals surface area contributed by atoms with Crippen LogP contribution in [-0.4, -0.2) is 64.4 Å². The van der Waals surface area contributed by atoms with Crippen molar-refractivity contribution in [3.8, 4) is 5.75 Å². The Kier molecular flexibility index (Phi) is 9.31. The van der Waals surface area contributed by atoms with Crippen LogP contribution in [0.5, 0.6) is 5.75 Å². The molecule has 3 fully saturated rings. The number of nitrogens with one attached hydrogen (secondary N) is 1. The fraction of sp³-hybridized carbons (Fsp3) is 0.667. The summed E-state index contributed by atoms with van der Waals surface area (Å²) < 4.78 is 7.22. The van der Waals surface area contributed by atoms with E-state index in [1.54, 1.807) is 6.08 Å². The molecule has 6 atom stereocenters. The Balaban J connectivity index is 1.43. The Morgan fingerprint density at radius 1 is 1.08 bits per heavy atom. The number of hydrogen-bond donors (Lipinski definition) is 3. The average Bonchev–Trinajstić information content (AvgIpc) is 3.55. The van der Waals surface area contributed by atoms with Crippen LogP contribution in [0.25, 0.3) is 0 Å². The molecule has 2 amide bonds. The Labute approximate surface area is 239 Å². The van der Waals surface area contributed by atoms with E-state index < -0.39 is 18.2 Å². The third kappa shape index (κ3) is 6.22. The first-order valence-corrected chi connectivity index (χ1v) is 15.5. The standard InChI is InChI=1S/C30H41IN2O5/c31-24-8-4-5-9-26(24)38-27-17-22(30(37)32-12-13-34)16-25(29(27)36)33(23-6-2-1-3-7-23)28(35)18-21-15-19-10-11-20(21)14-19/h4-5,8-9,17,19-21,23,25,27,29,34,36H,1-3,6-7,10-16,18H2,(H,32,37). The highest BCUT2D eigenvalue weighted by Gasteiger charge is 2.45. The number of halogens is 1. The Morgan fingerprint density at radius 3 is 2.55 bits per heavy atom. The van der Waals surface area contributed by atoms with E-state index in [-0.39, 0.29) is 37.4 Å². The maximum absolute atomic E-state index is 14.1. The Hall–Kier alpha value is -1.65. The maximum atomic E-state index is 14.1. The van der Waals surface area contributed by atoms with Gasteiger partial charge in [-0.3, -0.25) is 9.59 Å². The minimum atomic E-state index is -0.952. The second-order valence-corrected chi connectivity index (χ2v) is 12.8. The van der Waals surface area contributed by atoms with Crippen LogP contribution in [-0.2, 0) is 9.59 Å². The van der Waals surface area contributed by atoms with Crippen LogP contribution in [0.15, 0.2) is 35.9 Å². The summed E-state index contributed by atoms with van der Waals surface area (Å²) in [6.07, 6.45) is 11.0. The summed E-state index contributed by atoms with van der Waals surface area (Å²) in [6, 6.07) is 7.15. The molecule has 1 aromatic carbocycles. The molecule has 6 unspecified atom stereocenters. The fourth-order valence-corrected chi connectivity index (χ4v) is 7.92. The van der Waals surface area contributed by atoms with Crippen molar-refractivity contribution >= 4 is 34.4 Å². The number of rotatable bonds is 9. The van der Waals surface area contributed by atoms with E-state index in [1.165, 1.54) is 25.7 Å². The summed E-state index contributed by atoms with van der Waals surface area (Å²) in [5.74, 6) is 2.36. The minimum Gasteiger partial charge on any atom is -0.482 e. The molecular weight excluding hydrogens is 595 g/mol. The molecule has 7 nitrogen and oxygen atoms in total. The molecule has 0 radical (unpaired) electrons. The lowest BCUT2D eigenvalue weighted by Gasteiger charge is -2.45. The van der Waals surface area contributed by atoms with Crippen LogP contribution >= 0.6 is 22.6 Å². The average molecular weight is 637 g/mol. The van der Waals surface area contributed by atoms with Crippen molar-refractivity contribution in [1.29, 1.82) is 0 Å². The molecule has 0 saturated heterocycles. The van der Waals surface area contributed by atoms with Gasteiger partial charge in [-0.25, -0.2) is 0 Å². The van der Waals surface area contributed by atoms with E-state index >= 15 is 0 Å². The molecule has 1 aromatic rings. The van der Waals surface area contributed by atoms with Gasteiger partial charge in [-0.1, -0.05) is 37.8 Å². The van der Waals surface area contributed by atoms with Crippen molar-refractivity contribution in [1.82, 2.24) is 10.2 Å². The predicted molar refractivity (Wildman–Crippen MR) is 153 cm³/mol. The SMILES string of the molecule is O=C(NCCO)C1=CC(Oc2ccccc2I)C(O)C(N(C(=O)CC2CC3CCC2C3)C2CCCCC2)C1. The summed E-state index contributed by atoms with van der Waals surface area (Å²) in [5.41, 5.74) is 0.498. The molecule has 4 aliphatic carbocycles. The number of carbonyl (C=O) groups is 2. The molecular formula is C30H41IN2O5. The number of hydrogen-bond acceptors (Lipinski definition) is 5. The molecule has 5 rings (SSSR count). The van der Waals surface area contributed by atoms with Gasteiger partial charge >= 0.3 is 0 Å². The number of nitrogens with zero attached hydrogens (tertiary/aromatic N) is 1. The second kappa shape index (κ2) is 12.7. The number of fused-ring (bicyclic) bond motifs is 2. The van der Waals surface area contributed by atoms with Gasteiger partial charge in [0.25, 0.3) is 0 Å². The van der Waals surface area contributed by atoms with Crippen LogP contribution < -0.4 is 10.1 Å². The van der Waals surface area contributed by atoms with E-state index in [4.69, 9.17) is 4.74 Å². The van der Waals surface area contributed by atoms with Gasteiger partial charge in [0.2, 0.25) is 11.8 Å². The fourth-order valence-electron chi connectivity index (χ4n) is 7.41. The van der Waals surface area contributed by atoms with E-state index in [1.807, 2.05) is 29.2 Å². The molecule has 208 valence electrons.